The third-order valence-corrected chi connectivity index (χ3v) is 8.07. The Kier molecular flexibility index (Phi) is 12.2. The zero-order chi connectivity index (χ0) is 24.7. The topological polar surface area (TPSA) is 50.1 Å². The molecule has 3 nitrogen and oxygen atoms in total. The molecule has 3 heteroatoms. The lowest BCUT2D eigenvalue weighted by molar-refractivity contribution is -0.157. The molecule has 2 aliphatic carbocycles. The van der Waals surface area contributed by atoms with Crippen LogP contribution in [-0.2, 0) is 16.0 Å². The average molecular weight is 476 g/mol. The van der Waals surface area contributed by atoms with Crippen molar-refractivity contribution in [3.8, 4) is 6.07 Å². The van der Waals surface area contributed by atoms with Crippen molar-refractivity contribution in [1.82, 2.24) is 0 Å². The first kappa shape index (κ1) is 27.3. The van der Waals surface area contributed by atoms with Crippen LogP contribution >= 0.6 is 0 Å². The fraction of sp³-hybridized carbons (Fsp3) is 0.625. The highest BCUT2D eigenvalue weighted by Gasteiger charge is 2.31. The van der Waals surface area contributed by atoms with Gasteiger partial charge < -0.3 is 4.74 Å². The van der Waals surface area contributed by atoms with Crippen LogP contribution in [0.4, 0.5) is 0 Å². The molecule has 0 bridgehead atoms. The van der Waals surface area contributed by atoms with E-state index in [1.54, 1.807) is 6.08 Å². The molecular formula is C32H45NO2. The summed E-state index contributed by atoms with van der Waals surface area (Å²) in [5, 5.41) is 8.49. The van der Waals surface area contributed by atoms with E-state index in [4.69, 9.17) is 10.00 Å². The van der Waals surface area contributed by atoms with Crippen LogP contribution in [0.5, 0.6) is 0 Å². The van der Waals surface area contributed by atoms with Crippen LogP contribution in [0.25, 0.3) is 0 Å². The maximum Gasteiger partial charge on any atom is 0.309 e. The smallest absolute Gasteiger partial charge is 0.309 e. The van der Waals surface area contributed by atoms with Gasteiger partial charge in [-0.3, -0.25) is 4.79 Å². The van der Waals surface area contributed by atoms with Crippen molar-refractivity contribution in [2.45, 2.75) is 115 Å². The minimum Gasteiger partial charge on any atom is -0.462 e. The van der Waals surface area contributed by atoms with E-state index >= 15 is 0 Å². The van der Waals surface area contributed by atoms with Crippen molar-refractivity contribution in [2.75, 3.05) is 0 Å². The first-order valence-electron chi connectivity index (χ1n) is 14.2. The normalized spacial score (nSPS) is 25.0. The number of ether oxygens (including phenoxy) is 1. The molecule has 2 saturated carbocycles. The fourth-order valence-corrected chi connectivity index (χ4v) is 5.78. The molecule has 0 aliphatic heterocycles. The molecule has 2 aliphatic rings. The molecule has 0 aromatic heterocycles. The van der Waals surface area contributed by atoms with Gasteiger partial charge in [0.05, 0.1) is 12.0 Å². The number of nitrogens with zero attached hydrogens (tertiary/aromatic N) is 1. The molecule has 1 aromatic carbocycles. The van der Waals surface area contributed by atoms with E-state index in [1.807, 2.05) is 12.1 Å². The van der Waals surface area contributed by atoms with E-state index in [-0.39, 0.29) is 18.0 Å². The zero-order valence-electron chi connectivity index (χ0n) is 21.8. The van der Waals surface area contributed by atoms with Gasteiger partial charge in [-0.05, 0) is 100 Å². The number of esters is 1. The van der Waals surface area contributed by atoms with E-state index in [9.17, 15) is 4.79 Å². The van der Waals surface area contributed by atoms with Crippen molar-refractivity contribution in [2.24, 2.45) is 11.8 Å². The number of benzene rings is 1. The van der Waals surface area contributed by atoms with Gasteiger partial charge in [0.15, 0.2) is 0 Å². The summed E-state index contributed by atoms with van der Waals surface area (Å²) in [5.41, 5.74) is 2.91. The summed E-state index contributed by atoms with van der Waals surface area (Å²) in [6, 6.07) is 11.3. The third kappa shape index (κ3) is 9.67. The summed E-state index contributed by atoms with van der Waals surface area (Å²) >= 11 is 0. The highest BCUT2D eigenvalue weighted by Crippen LogP contribution is 2.37. The van der Waals surface area contributed by atoms with Crippen LogP contribution in [0.3, 0.4) is 0 Å². The molecular weight excluding hydrogens is 430 g/mol. The Morgan fingerprint density at radius 2 is 1.71 bits per heavy atom. The van der Waals surface area contributed by atoms with Gasteiger partial charge in [-0.15, -0.1) is 0 Å². The van der Waals surface area contributed by atoms with Crippen LogP contribution in [0, 0.1) is 23.2 Å². The Labute approximate surface area is 213 Å². The van der Waals surface area contributed by atoms with Gasteiger partial charge >= 0.3 is 5.97 Å². The second-order valence-corrected chi connectivity index (χ2v) is 10.7. The molecule has 2 fully saturated rings. The number of carbonyl (C=O) groups excluding carboxylic acids is 1. The Balaban J connectivity index is 1.32. The third-order valence-electron chi connectivity index (χ3n) is 8.07. The van der Waals surface area contributed by atoms with Crippen LogP contribution in [-0.4, -0.2) is 12.1 Å². The lowest BCUT2D eigenvalue weighted by Gasteiger charge is -2.31. The maximum absolute atomic E-state index is 12.8. The van der Waals surface area contributed by atoms with E-state index in [0.29, 0.717) is 5.92 Å². The Morgan fingerprint density at radius 3 is 2.40 bits per heavy atom. The summed E-state index contributed by atoms with van der Waals surface area (Å²) in [5.74, 6) is 1.47. The Bertz CT molecular complexity index is 831. The first-order valence-corrected chi connectivity index (χ1v) is 14.2. The summed E-state index contributed by atoms with van der Waals surface area (Å²) in [6.07, 6.45) is 24.6. The number of hydrogen-bond donors (Lipinski definition) is 0. The fourth-order valence-electron chi connectivity index (χ4n) is 5.78. The molecule has 0 radical (unpaired) electrons. The van der Waals surface area contributed by atoms with Gasteiger partial charge in [-0.2, -0.15) is 5.26 Å². The van der Waals surface area contributed by atoms with Crippen LogP contribution in [0.15, 0.2) is 48.6 Å². The molecule has 0 spiro atoms. The quantitative estimate of drug-likeness (QED) is 0.132. The standard InChI is InChI=1S/C32H45NO2/c1-2-3-4-8-11-26-13-17-28(18-14-26)29-19-21-30(22-20-29)32(34)35-31-23-15-27(16-24-31)12-9-6-5-7-10-25-33/h5-7,10,13-14,17-18,27,29-31H,2-4,8-9,11-12,15-16,19-24H2,1H3/b6-5+,10-7?. The van der Waals surface area contributed by atoms with Gasteiger partial charge in [0.25, 0.3) is 0 Å². The monoisotopic (exact) mass is 475 g/mol. The molecule has 3 rings (SSSR count). The van der Waals surface area contributed by atoms with E-state index < -0.39 is 0 Å². The summed E-state index contributed by atoms with van der Waals surface area (Å²) in [6.45, 7) is 2.26. The molecule has 0 unspecified atom stereocenters. The predicted molar refractivity (Wildman–Crippen MR) is 144 cm³/mol. The number of aryl methyl sites for hydroxylation is 1. The van der Waals surface area contributed by atoms with Gasteiger partial charge in [0.1, 0.15) is 6.10 Å². The van der Waals surface area contributed by atoms with Crippen molar-refractivity contribution in [1.29, 1.82) is 5.26 Å². The highest BCUT2D eigenvalue weighted by atomic mass is 16.5. The SMILES string of the molecule is CCCCCCc1ccc(C2CCC(C(=O)OC3CCC(CC/C=C/C=CC#N)CC3)CC2)cc1. The predicted octanol–water partition coefficient (Wildman–Crippen LogP) is 8.60. The molecule has 0 saturated heterocycles. The minimum atomic E-state index is 0.0570. The van der Waals surface area contributed by atoms with Gasteiger partial charge in [0.2, 0.25) is 0 Å². The summed E-state index contributed by atoms with van der Waals surface area (Å²) in [4.78, 5) is 12.8. The summed E-state index contributed by atoms with van der Waals surface area (Å²) in [7, 11) is 0. The molecule has 0 N–H and O–H groups in total. The van der Waals surface area contributed by atoms with Crippen molar-refractivity contribution in [3.05, 3.63) is 59.7 Å². The molecule has 190 valence electrons. The van der Waals surface area contributed by atoms with Crippen LogP contribution in [0.2, 0.25) is 0 Å². The van der Waals surface area contributed by atoms with Crippen molar-refractivity contribution >= 4 is 5.97 Å². The lowest BCUT2D eigenvalue weighted by Crippen LogP contribution is -2.29. The highest BCUT2D eigenvalue weighted by molar-refractivity contribution is 5.72. The Hall–Kier alpha value is -2.34. The van der Waals surface area contributed by atoms with E-state index in [1.165, 1.54) is 55.7 Å². The molecule has 1 aromatic rings. The first-order chi connectivity index (χ1) is 17.2. The summed E-state index contributed by atoms with van der Waals surface area (Å²) < 4.78 is 5.97. The molecule has 35 heavy (non-hydrogen) atoms. The van der Waals surface area contributed by atoms with Crippen LogP contribution in [0.1, 0.15) is 114 Å². The van der Waals surface area contributed by atoms with Gasteiger partial charge in [-0.1, -0.05) is 68.7 Å². The largest absolute Gasteiger partial charge is 0.462 e. The second-order valence-electron chi connectivity index (χ2n) is 10.7. The number of unbranched alkanes of at least 4 members (excludes halogenated alkanes) is 3. The molecule has 0 amide bonds. The van der Waals surface area contributed by atoms with E-state index in [2.05, 4.69) is 37.3 Å². The number of nitriles is 1. The van der Waals surface area contributed by atoms with Crippen LogP contribution < -0.4 is 0 Å². The second kappa shape index (κ2) is 15.6. The average Bonchev–Trinajstić information content (AvgIpc) is 2.90. The number of carbonyl (C=O) groups is 1. The molecule has 0 atom stereocenters. The lowest BCUT2D eigenvalue weighted by atomic mass is 9.78. The van der Waals surface area contributed by atoms with Gasteiger partial charge in [0, 0.05) is 6.08 Å². The molecule has 0 heterocycles. The number of hydrogen-bond acceptors (Lipinski definition) is 3. The minimum absolute atomic E-state index is 0.0570. The number of rotatable bonds is 12. The van der Waals surface area contributed by atoms with Crippen molar-refractivity contribution in [3.63, 3.8) is 0 Å². The van der Waals surface area contributed by atoms with E-state index in [0.717, 1.165) is 63.7 Å². The van der Waals surface area contributed by atoms with Crippen molar-refractivity contribution < 1.29 is 9.53 Å². The van der Waals surface area contributed by atoms with Gasteiger partial charge in [-0.25, -0.2) is 0 Å². The number of allylic oxidation sites excluding steroid dienone is 4. The zero-order valence-corrected chi connectivity index (χ0v) is 21.8. The Morgan fingerprint density at radius 1 is 0.971 bits per heavy atom. The maximum atomic E-state index is 12.8.